The monoisotopic (exact) mass is 299 g/mol. The van der Waals surface area contributed by atoms with Gasteiger partial charge in [-0.3, -0.25) is 0 Å². The molecule has 0 fully saturated rings. The predicted octanol–water partition coefficient (Wildman–Crippen LogP) is 2.82. The maximum Gasteiger partial charge on any atom is 0.340 e. The third-order valence-corrected chi connectivity index (χ3v) is 3.97. The molecule has 3 aromatic rings. The van der Waals surface area contributed by atoms with Crippen LogP contribution in [0, 0.1) is 0 Å². The van der Waals surface area contributed by atoms with Crippen LogP contribution >= 0.6 is 11.3 Å². The number of nitrogens with zero attached hydrogens (tertiary/aromatic N) is 1. The van der Waals surface area contributed by atoms with Crippen LogP contribution in [0.1, 0.15) is 15.4 Å². The molecule has 0 unspecified atom stereocenters. The summed E-state index contributed by atoms with van der Waals surface area (Å²) in [4.78, 5) is 16.4. The fourth-order valence-electron chi connectivity index (χ4n) is 1.95. The maximum atomic E-state index is 12.0. The van der Waals surface area contributed by atoms with Crippen molar-refractivity contribution < 1.29 is 9.53 Å². The minimum atomic E-state index is -0.480. The number of hydrogen-bond acceptors (Lipinski definition) is 6. The number of rotatable bonds is 3. The highest BCUT2D eigenvalue weighted by atomic mass is 32.1. The largest absolute Gasteiger partial charge is 0.455 e. The second-order valence-corrected chi connectivity index (χ2v) is 5.61. The number of nitrogen functional groups attached to an aromatic ring is 2. The standard InChI is InChI=1S/C15H13N3O2S/c16-9-5-6-10(11(17)7-9)15(19)20-8-14-18-12-3-1-2-4-13(12)21-14/h1-7H,8,16-17H2. The van der Waals surface area contributed by atoms with Crippen molar-refractivity contribution in [2.75, 3.05) is 11.5 Å². The van der Waals surface area contributed by atoms with E-state index in [1.165, 1.54) is 17.4 Å². The molecule has 0 amide bonds. The summed E-state index contributed by atoms with van der Waals surface area (Å²) in [6.07, 6.45) is 0. The molecular formula is C15H13N3O2S. The molecule has 21 heavy (non-hydrogen) atoms. The minimum Gasteiger partial charge on any atom is -0.455 e. The van der Waals surface area contributed by atoms with Gasteiger partial charge in [-0.15, -0.1) is 11.3 Å². The summed E-state index contributed by atoms with van der Waals surface area (Å²) in [5, 5.41) is 0.749. The highest BCUT2D eigenvalue weighted by Crippen LogP contribution is 2.23. The number of fused-ring (bicyclic) bond motifs is 1. The molecule has 0 aliphatic heterocycles. The van der Waals surface area contributed by atoms with E-state index >= 15 is 0 Å². The van der Waals surface area contributed by atoms with Crippen LogP contribution in [0.15, 0.2) is 42.5 Å². The van der Waals surface area contributed by atoms with Crippen molar-refractivity contribution in [2.45, 2.75) is 6.61 Å². The smallest absolute Gasteiger partial charge is 0.340 e. The van der Waals surface area contributed by atoms with E-state index in [1.54, 1.807) is 12.1 Å². The molecule has 0 spiro atoms. The molecule has 0 atom stereocenters. The first-order valence-electron chi connectivity index (χ1n) is 6.30. The van der Waals surface area contributed by atoms with Crippen molar-refractivity contribution in [2.24, 2.45) is 0 Å². The molecule has 0 saturated carbocycles. The van der Waals surface area contributed by atoms with Gasteiger partial charge in [0.2, 0.25) is 0 Å². The zero-order valence-electron chi connectivity index (χ0n) is 11.1. The summed E-state index contributed by atoms with van der Waals surface area (Å²) in [6, 6.07) is 12.5. The Morgan fingerprint density at radius 3 is 2.76 bits per heavy atom. The molecule has 5 nitrogen and oxygen atoms in total. The first-order chi connectivity index (χ1) is 10.1. The highest BCUT2D eigenvalue weighted by Gasteiger charge is 2.13. The number of anilines is 2. The van der Waals surface area contributed by atoms with E-state index in [-0.39, 0.29) is 6.61 Å². The van der Waals surface area contributed by atoms with Crippen molar-refractivity contribution in [3.8, 4) is 0 Å². The summed E-state index contributed by atoms with van der Waals surface area (Å²) < 4.78 is 6.32. The van der Waals surface area contributed by atoms with Gasteiger partial charge >= 0.3 is 5.97 Å². The number of ether oxygens (including phenoxy) is 1. The molecule has 2 aromatic carbocycles. The topological polar surface area (TPSA) is 91.2 Å². The number of carbonyl (C=O) groups is 1. The Bertz CT molecular complexity index is 781. The zero-order valence-corrected chi connectivity index (χ0v) is 11.9. The minimum absolute atomic E-state index is 0.127. The Labute approximate surface area is 125 Å². The average Bonchev–Trinajstić information content (AvgIpc) is 2.87. The Hall–Kier alpha value is -2.60. The van der Waals surface area contributed by atoms with Gasteiger partial charge in [-0.2, -0.15) is 0 Å². The number of esters is 1. The van der Waals surface area contributed by atoms with Gasteiger partial charge in [0.1, 0.15) is 11.6 Å². The van der Waals surface area contributed by atoms with Gasteiger partial charge in [-0.1, -0.05) is 12.1 Å². The van der Waals surface area contributed by atoms with Gasteiger partial charge in [-0.25, -0.2) is 9.78 Å². The number of nitrogens with two attached hydrogens (primary N) is 2. The van der Waals surface area contributed by atoms with Crippen LogP contribution in [-0.2, 0) is 11.3 Å². The lowest BCUT2D eigenvalue weighted by Crippen LogP contribution is -2.08. The molecule has 1 heterocycles. The lowest BCUT2D eigenvalue weighted by atomic mass is 10.1. The van der Waals surface area contributed by atoms with Gasteiger partial charge in [0.25, 0.3) is 0 Å². The first kappa shape index (κ1) is 13.4. The molecule has 0 aliphatic rings. The molecule has 3 rings (SSSR count). The van der Waals surface area contributed by atoms with Gasteiger partial charge in [0, 0.05) is 11.4 Å². The third kappa shape index (κ3) is 2.80. The second kappa shape index (κ2) is 5.41. The lowest BCUT2D eigenvalue weighted by Gasteiger charge is -2.06. The average molecular weight is 299 g/mol. The van der Waals surface area contributed by atoms with Gasteiger partial charge in [0.15, 0.2) is 0 Å². The van der Waals surface area contributed by atoms with Crippen LogP contribution in [-0.4, -0.2) is 11.0 Å². The summed E-state index contributed by atoms with van der Waals surface area (Å²) in [7, 11) is 0. The van der Waals surface area contributed by atoms with Crippen LogP contribution in [0.4, 0.5) is 11.4 Å². The molecule has 0 bridgehead atoms. The second-order valence-electron chi connectivity index (χ2n) is 4.50. The van der Waals surface area contributed by atoms with Gasteiger partial charge in [-0.05, 0) is 30.3 Å². The molecule has 4 N–H and O–H groups in total. The molecule has 0 radical (unpaired) electrons. The van der Waals surface area contributed by atoms with Crippen molar-refractivity contribution in [3.63, 3.8) is 0 Å². The van der Waals surface area contributed by atoms with E-state index in [0.717, 1.165) is 15.2 Å². The SMILES string of the molecule is Nc1ccc(C(=O)OCc2nc3ccccc3s2)c(N)c1. The molecule has 6 heteroatoms. The van der Waals surface area contributed by atoms with Gasteiger partial charge in [0.05, 0.1) is 15.8 Å². The fraction of sp³-hybridized carbons (Fsp3) is 0.0667. The molecular weight excluding hydrogens is 286 g/mol. The van der Waals surface area contributed by atoms with Crippen molar-refractivity contribution in [1.29, 1.82) is 0 Å². The Morgan fingerprint density at radius 1 is 1.19 bits per heavy atom. The van der Waals surface area contributed by atoms with E-state index < -0.39 is 5.97 Å². The molecule has 106 valence electrons. The summed E-state index contributed by atoms with van der Waals surface area (Å²) in [5.41, 5.74) is 13.4. The lowest BCUT2D eigenvalue weighted by molar-refractivity contribution is 0.0474. The fourth-order valence-corrected chi connectivity index (χ4v) is 2.83. The van der Waals surface area contributed by atoms with E-state index in [2.05, 4.69) is 4.98 Å². The van der Waals surface area contributed by atoms with Crippen molar-refractivity contribution in [1.82, 2.24) is 4.98 Å². The summed E-state index contributed by atoms with van der Waals surface area (Å²) >= 11 is 1.50. The van der Waals surface area contributed by atoms with Gasteiger partial charge < -0.3 is 16.2 Å². The van der Waals surface area contributed by atoms with E-state index in [0.29, 0.717) is 16.9 Å². The molecule has 0 saturated heterocycles. The number of hydrogen-bond donors (Lipinski definition) is 2. The highest BCUT2D eigenvalue weighted by molar-refractivity contribution is 7.18. The Morgan fingerprint density at radius 2 is 2.00 bits per heavy atom. The number of aromatic nitrogens is 1. The maximum absolute atomic E-state index is 12.0. The van der Waals surface area contributed by atoms with Crippen LogP contribution < -0.4 is 11.5 Å². The zero-order chi connectivity index (χ0) is 14.8. The van der Waals surface area contributed by atoms with E-state index in [9.17, 15) is 4.79 Å². The van der Waals surface area contributed by atoms with E-state index in [1.807, 2.05) is 24.3 Å². The normalized spacial score (nSPS) is 10.7. The summed E-state index contributed by atoms with van der Waals surface area (Å²) in [5.74, 6) is -0.480. The van der Waals surface area contributed by atoms with Crippen LogP contribution in [0.25, 0.3) is 10.2 Å². The third-order valence-electron chi connectivity index (χ3n) is 2.96. The van der Waals surface area contributed by atoms with Crippen LogP contribution in [0.3, 0.4) is 0 Å². The number of para-hydroxylation sites is 1. The predicted molar refractivity (Wildman–Crippen MR) is 84.0 cm³/mol. The quantitative estimate of drug-likeness (QED) is 0.573. The number of benzene rings is 2. The first-order valence-corrected chi connectivity index (χ1v) is 7.12. The number of carbonyl (C=O) groups excluding carboxylic acids is 1. The number of thiazole rings is 1. The van der Waals surface area contributed by atoms with Crippen LogP contribution in [0.2, 0.25) is 0 Å². The molecule has 1 aromatic heterocycles. The van der Waals surface area contributed by atoms with Crippen molar-refractivity contribution >= 4 is 38.9 Å². The summed E-state index contributed by atoms with van der Waals surface area (Å²) in [6.45, 7) is 0.127. The molecule has 0 aliphatic carbocycles. The Balaban J connectivity index is 1.73. The Kier molecular flexibility index (Phi) is 3.45. The van der Waals surface area contributed by atoms with Crippen LogP contribution in [0.5, 0.6) is 0 Å². The van der Waals surface area contributed by atoms with E-state index in [4.69, 9.17) is 16.2 Å². The van der Waals surface area contributed by atoms with Crippen molar-refractivity contribution in [3.05, 3.63) is 53.0 Å².